The molecule has 0 atom stereocenters. The van der Waals surface area contributed by atoms with Crippen LogP contribution in [0, 0.1) is 11.3 Å². The zero-order valence-electron chi connectivity index (χ0n) is 12.7. The number of hydrogen-bond donors (Lipinski definition) is 3. The number of anilines is 1. The van der Waals surface area contributed by atoms with E-state index in [0.29, 0.717) is 12.0 Å². The van der Waals surface area contributed by atoms with Crippen LogP contribution in [0.5, 0.6) is 0 Å². The van der Waals surface area contributed by atoms with Gasteiger partial charge in [-0.05, 0) is 42.8 Å². The van der Waals surface area contributed by atoms with Gasteiger partial charge in [0.2, 0.25) is 0 Å². The molecule has 4 N–H and O–H groups in total. The molecule has 0 aliphatic carbocycles. The van der Waals surface area contributed by atoms with E-state index < -0.39 is 5.97 Å². The first kappa shape index (κ1) is 17.3. The zero-order chi connectivity index (χ0) is 16.4. The lowest BCUT2D eigenvalue weighted by Crippen LogP contribution is -2.03. The number of nitrogens with zero attached hydrogens (tertiary/aromatic N) is 1. The van der Waals surface area contributed by atoms with Crippen LogP contribution in [0.15, 0.2) is 42.1 Å². The van der Waals surface area contributed by atoms with E-state index in [1.807, 2.05) is 12.1 Å². The summed E-state index contributed by atoms with van der Waals surface area (Å²) >= 11 is 0. The highest BCUT2D eigenvalue weighted by molar-refractivity contribution is 5.89. The van der Waals surface area contributed by atoms with Gasteiger partial charge in [-0.1, -0.05) is 25.5 Å². The molecule has 0 fully saturated rings. The number of nitrogens with two attached hydrogens (primary N) is 1. The Kier molecular flexibility index (Phi) is 7.27. The van der Waals surface area contributed by atoms with Crippen molar-refractivity contribution >= 4 is 11.7 Å². The predicted octanol–water partition coefficient (Wildman–Crippen LogP) is 2.80. The van der Waals surface area contributed by atoms with Crippen LogP contribution in [-0.2, 0) is 11.2 Å². The Labute approximate surface area is 130 Å². The molecular weight excluding hydrogens is 278 g/mol. The lowest BCUT2D eigenvalue weighted by molar-refractivity contribution is -0.132. The van der Waals surface area contributed by atoms with Crippen LogP contribution in [0.3, 0.4) is 0 Å². The molecule has 0 saturated heterocycles. The highest BCUT2D eigenvalue weighted by atomic mass is 16.4. The van der Waals surface area contributed by atoms with E-state index in [1.54, 1.807) is 12.1 Å². The van der Waals surface area contributed by atoms with Crippen molar-refractivity contribution in [2.24, 2.45) is 5.73 Å². The van der Waals surface area contributed by atoms with Gasteiger partial charge in [0.05, 0.1) is 16.8 Å². The van der Waals surface area contributed by atoms with Gasteiger partial charge in [0.25, 0.3) is 0 Å². The summed E-state index contributed by atoms with van der Waals surface area (Å²) in [6, 6.07) is 7.68. The number of nitriles is 1. The Balaban J connectivity index is 2.87. The zero-order valence-corrected chi connectivity index (χ0v) is 12.7. The molecule has 0 bridgehead atoms. The molecule has 22 heavy (non-hydrogen) atoms. The Bertz CT molecular complexity index is 613. The van der Waals surface area contributed by atoms with Crippen LogP contribution >= 0.6 is 0 Å². The molecule has 5 nitrogen and oxygen atoms in total. The number of rotatable bonds is 8. The largest absolute Gasteiger partial charge is 0.478 e. The standard InChI is InChI=1S/C17H21N3O2/c1-2-3-10-20-16-7-5-13(11-15(16)12-19)4-6-14(8-9-18)17(21)22/h5-9,11,20H,2-4,10,18H2,1H3,(H,21,22)/b9-8-,14-6+. The van der Waals surface area contributed by atoms with E-state index in [4.69, 9.17) is 10.8 Å². The fraction of sp³-hybridized carbons (Fsp3) is 0.294. The Hall–Kier alpha value is -2.74. The summed E-state index contributed by atoms with van der Waals surface area (Å²) in [7, 11) is 0. The van der Waals surface area contributed by atoms with Crippen molar-refractivity contribution < 1.29 is 9.90 Å². The molecule has 1 rings (SSSR count). The van der Waals surface area contributed by atoms with Crippen LogP contribution in [0.4, 0.5) is 5.69 Å². The highest BCUT2D eigenvalue weighted by Crippen LogP contribution is 2.18. The number of hydrogen-bond acceptors (Lipinski definition) is 4. The molecule has 5 heteroatoms. The average molecular weight is 299 g/mol. The molecule has 0 heterocycles. The second-order valence-corrected chi connectivity index (χ2v) is 4.80. The summed E-state index contributed by atoms with van der Waals surface area (Å²) in [6.45, 7) is 2.94. The second-order valence-electron chi connectivity index (χ2n) is 4.80. The van der Waals surface area contributed by atoms with E-state index in [1.165, 1.54) is 12.3 Å². The van der Waals surface area contributed by atoms with Gasteiger partial charge in [-0.2, -0.15) is 5.26 Å². The summed E-state index contributed by atoms with van der Waals surface area (Å²) in [4.78, 5) is 11.0. The van der Waals surface area contributed by atoms with Crippen LogP contribution in [0.1, 0.15) is 30.9 Å². The van der Waals surface area contributed by atoms with Crippen molar-refractivity contribution in [1.82, 2.24) is 0 Å². The summed E-state index contributed by atoms with van der Waals surface area (Å²) in [5, 5.41) is 21.5. The maximum Gasteiger partial charge on any atom is 0.335 e. The van der Waals surface area contributed by atoms with Crippen molar-refractivity contribution in [3.05, 3.63) is 53.3 Å². The van der Waals surface area contributed by atoms with Gasteiger partial charge < -0.3 is 16.2 Å². The number of carbonyl (C=O) groups is 1. The number of nitrogens with one attached hydrogen (secondary N) is 1. The second kappa shape index (κ2) is 9.24. The first-order chi connectivity index (χ1) is 10.6. The molecule has 0 saturated carbocycles. The number of carboxylic acids is 1. The SMILES string of the molecule is CCCCNc1ccc(C/C=C(\C=C/N)C(=O)O)cc1C#N. The summed E-state index contributed by atoms with van der Waals surface area (Å²) in [5.41, 5.74) is 7.60. The van der Waals surface area contributed by atoms with Crippen LogP contribution in [0.25, 0.3) is 0 Å². The van der Waals surface area contributed by atoms with E-state index in [0.717, 1.165) is 30.6 Å². The Morgan fingerprint density at radius 2 is 2.27 bits per heavy atom. The van der Waals surface area contributed by atoms with E-state index in [-0.39, 0.29) is 5.57 Å². The van der Waals surface area contributed by atoms with Crippen LogP contribution in [0.2, 0.25) is 0 Å². The molecule has 1 aromatic carbocycles. The van der Waals surface area contributed by atoms with Gasteiger partial charge in [-0.3, -0.25) is 0 Å². The van der Waals surface area contributed by atoms with Crippen molar-refractivity contribution in [1.29, 1.82) is 5.26 Å². The van der Waals surface area contributed by atoms with Gasteiger partial charge in [0.15, 0.2) is 0 Å². The maximum absolute atomic E-state index is 11.0. The lowest BCUT2D eigenvalue weighted by atomic mass is 10.0. The lowest BCUT2D eigenvalue weighted by Gasteiger charge is -2.09. The first-order valence-electron chi connectivity index (χ1n) is 7.21. The minimum absolute atomic E-state index is 0.131. The van der Waals surface area contributed by atoms with Crippen LogP contribution < -0.4 is 11.1 Å². The molecule has 0 spiro atoms. The first-order valence-corrected chi connectivity index (χ1v) is 7.21. The molecular formula is C17H21N3O2. The van der Waals surface area contributed by atoms with Crippen molar-refractivity contribution in [3.63, 3.8) is 0 Å². The molecule has 0 aliphatic rings. The Morgan fingerprint density at radius 3 is 2.86 bits per heavy atom. The third kappa shape index (κ3) is 5.33. The van der Waals surface area contributed by atoms with Gasteiger partial charge >= 0.3 is 5.97 Å². The smallest absolute Gasteiger partial charge is 0.335 e. The number of allylic oxidation sites excluding steroid dienone is 1. The van der Waals surface area contributed by atoms with Gasteiger partial charge in [0, 0.05) is 6.54 Å². The van der Waals surface area contributed by atoms with Crippen LogP contribution in [-0.4, -0.2) is 17.6 Å². The quantitative estimate of drug-likeness (QED) is 0.389. The van der Waals surface area contributed by atoms with E-state index >= 15 is 0 Å². The maximum atomic E-state index is 11.0. The minimum atomic E-state index is -1.03. The predicted molar refractivity (Wildman–Crippen MR) is 87.3 cm³/mol. The highest BCUT2D eigenvalue weighted by Gasteiger charge is 2.05. The Morgan fingerprint density at radius 1 is 1.50 bits per heavy atom. The molecule has 0 aromatic heterocycles. The topological polar surface area (TPSA) is 99.1 Å². The number of aliphatic carboxylic acids is 1. The number of benzene rings is 1. The van der Waals surface area contributed by atoms with Gasteiger partial charge in [0.1, 0.15) is 6.07 Å². The third-order valence-electron chi connectivity index (χ3n) is 3.13. The van der Waals surface area contributed by atoms with Crippen molar-refractivity contribution in [3.8, 4) is 6.07 Å². The summed E-state index contributed by atoms with van der Waals surface area (Å²) in [6.07, 6.45) is 6.67. The van der Waals surface area contributed by atoms with Gasteiger partial charge in [-0.15, -0.1) is 0 Å². The molecule has 1 aromatic rings. The van der Waals surface area contributed by atoms with E-state index in [2.05, 4.69) is 18.3 Å². The van der Waals surface area contributed by atoms with Crippen molar-refractivity contribution in [2.75, 3.05) is 11.9 Å². The average Bonchev–Trinajstić information content (AvgIpc) is 2.52. The summed E-state index contributed by atoms with van der Waals surface area (Å²) in [5.74, 6) is -1.03. The molecule has 0 unspecified atom stereocenters. The molecule has 0 amide bonds. The molecule has 0 radical (unpaired) electrons. The molecule has 116 valence electrons. The summed E-state index contributed by atoms with van der Waals surface area (Å²) < 4.78 is 0. The monoisotopic (exact) mass is 299 g/mol. The fourth-order valence-corrected chi connectivity index (χ4v) is 1.92. The fourth-order valence-electron chi connectivity index (χ4n) is 1.92. The van der Waals surface area contributed by atoms with E-state index in [9.17, 15) is 10.1 Å². The number of unbranched alkanes of at least 4 members (excludes halogenated alkanes) is 1. The normalized spacial score (nSPS) is 11.4. The molecule has 0 aliphatic heterocycles. The minimum Gasteiger partial charge on any atom is -0.478 e. The number of carboxylic acid groups (broad SMARTS) is 1. The third-order valence-corrected chi connectivity index (χ3v) is 3.13. The van der Waals surface area contributed by atoms with Gasteiger partial charge in [-0.25, -0.2) is 4.79 Å². The van der Waals surface area contributed by atoms with Crippen molar-refractivity contribution in [2.45, 2.75) is 26.2 Å².